The Labute approximate surface area is 203 Å². The van der Waals surface area contributed by atoms with E-state index in [2.05, 4.69) is 9.97 Å². The lowest BCUT2D eigenvalue weighted by Gasteiger charge is -2.12. The molecule has 1 saturated carbocycles. The van der Waals surface area contributed by atoms with Gasteiger partial charge in [0.25, 0.3) is 0 Å². The quantitative estimate of drug-likeness (QED) is 0.379. The Hall–Kier alpha value is -3.20. The van der Waals surface area contributed by atoms with Crippen LogP contribution in [-0.4, -0.2) is 50.9 Å². The second-order valence-corrected chi connectivity index (χ2v) is 13.0. The van der Waals surface area contributed by atoms with Crippen molar-refractivity contribution in [2.75, 3.05) is 5.75 Å². The lowest BCUT2D eigenvalue weighted by Crippen LogP contribution is -2.30. The van der Waals surface area contributed by atoms with Gasteiger partial charge < -0.3 is 4.57 Å². The molecule has 0 unspecified atom stereocenters. The highest BCUT2D eigenvalue weighted by Crippen LogP contribution is 2.37. The molecule has 36 heavy (non-hydrogen) atoms. The number of aryl methyl sites for hydroxylation is 2. The molecule has 10 nitrogen and oxygen atoms in total. The molecule has 15 heteroatoms. The Bertz CT molecular complexity index is 1850. The van der Waals surface area contributed by atoms with Gasteiger partial charge in [0.1, 0.15) is 11.3 Å². The van der Waals surface area contributed by atoms with Crippen LogP contribution in [0.1, 0.15) is 25.3 Å². The van der Waals surface area contributed by atoms with Gasteiger partial charge >= 0.3 is 11.9 Å². The normalized spacial score (nSPS) is 15.3. The second kappa shape index (κ2) is 7.65. The lowest BCUT2D eigenvalue weighted by atomic mass is 10.2. The standard InChI is InChI=1S/C21H20F3N5O5S2/c1-4-35(31,32)17-9-15-16(29(20(30)27(15)2)36(33,34)12-5-6-12)8-13(17)18-26-14-7-11(21(22,23)24)10-25-19(14)28(18)3/h7-10,12H,4-6H2,1-3H3. The van der Waals surface area contributed by atoms with Gasteiger partial charge in [-0.1, -0.05) is 6.92 Å². The fourth-order valence-corrected chi connectivity index (χ4v) is 7.03. The van der Waals surface area contributed by atoms with E-state index in [0.717, 1.165) is 10.6 Å². The minimum absolute atomic E-state index is 0.0441. The Kier molecular flexibility index (Phi) is 5.20. The van der Waals surface area contributed by atoms with E-state index in [-0.39, 0.29) is 44.2 Å². The first kappa shape index (κ1) is 24.5. The largest absolute Gasteiger partial charge is 0.417 e. The van der Waals surface area contributed by atoms with Gasteiger partial charge in [-0.25, -0.2) is 31.6 Å². The van der Waals surface area contributed by atoms with Gasteiger partial charge in [-0.05, 0) is 31.0 Å². The molecule has 0 radical (unpaired) electrons. The summed E-state index contributed by atoms with van der Waals surface area (Å²) < 4.78 is 94.9. The van der Waals surface area contributed by atoms with E-state index in [4.69, 9.17) is 0 Å². The molecule has 4 aromatic rings. The van der Waals surface area contributed by atoms with Crippen molar-refractivity contribution < 1.29 is 30.0 Å². The smallest absolute Gasteiger partial charge is 0.312 e. The lowest BCUT2D eigenvalue weighted by molar-refractivity contribution is -0.137. The number of imidazole rings is 2. The zero-order valence-electron chi connectivity index (χ0n) is 19.2. The Balaban J connectivity index is 1.89. The van der Waals surface area contributed by atoms with Crippen molar-refractivity contribution in [1.82, 2.24) is 23.1 Å². The molecular weight excluding hydrogens is 523 g/mol. The van der Waals surface area contributed by atoms with Gasteiger partial charge in [0.2, 0.25) is 10.0 Å². The zero-order chi connectivity index (χ0) is 26.4. The predicted molar refractivity (Wildman–Crippen MR) is 125 cm³/mol. The van der Waals surface area contributed by atoms with Crippen LogP contribution < -0.4 is 5.69 Å². The molecular formula is C21H20F3N5O5S2. The summed E-state index contributed by atoms with van der Waals surface area (Å²) in [5.74, 6) is -0.363. The number of aromatic nitrogens is 5. The van der Waals surface area contributed by atoms with Gasteiger partial charge in [-0.2, -0.15) is 17.1 Å². The van der Waals surface area contributed by atoms with E-state index in [1.165, 1.54) is 37.7 Å². The number of sulfone groups is 1. The highest BCUT2D eigenvalue weighted by Gasteiger charge is 2.40. The van der Waals surface area contributed by atoms with Crippen molar-refractivity contribution in [2.45, 2.75) is 36.1 Å². The fraction of sp³-hybridized carbons (Fsp3) is 0.381. The molecule has 0 aliphatic heterocycles. The van der Waals surface area contributed by atoms with Gasteiger partial charge in [0, 0.05) is 25.9 Å². The molecule has 0 saturated heterocycles. The third-order valence-corrected chi connectivity index (χ3v) is 10.3. The molecule has 0 amide bonds. The number of hydrogen-bond acceptors (Lipinski definition) is 7. The maximum Gasteiger partial charge on any atom is 0.417 e. The van der Waals surface area contributed by atoms with E-state index in [1.807, 2.05) is 0 Å². The number of fused-ring (bicyclic) bond motifs is 2. The van der Waals surface area contributed by atoms with Crippen LogP contribution in [0.25, 0.3) is 33.6 Å². The predicted octanol–water partition coefficient (Wildman–Crippen LogP) is 2.44. The third-order valence-electron chi connectivity index (χ3n) is 6.31. The molecule has 1 aliphatic carbocycles. The molecule has 1 fully saturated rings. The molecule has 0 N–H and O–H groups in total. The summed E-state index contributed by atoms with van der Waals surface area (Å²) in [5, 5.41) is -0.718. The minimum Gasteiger partial charge on any atom is -0.312 e. The van der Waals surface area contributed by atoms with E-state index in [9.17, 15) is 34.8 Å². The summed E-state index contributed by atoms with van der Waals surface area (Å²) in [4.78, 5) is 20.8. The number of hydrogen-bond donors (Lipinski definition) is 0. The number of halogens is 3. The molecule has 192 valence electrons. The summed E-state index contributed by atoms with van der Waals surface area (Å²) in [6.07, 6.45) is -3.21. The van der Waals surface area contributed by atoms with E-state index < -0.39 is 42.5 Å². The average Bonchev–Trinajstić information content (AvgIpc) is 3.58. The summed E-state index contributed by atoms with van der Waals surface area (Å²) in [6.45, 7) is 1.41. The van der Waals surface area contributed by atoms with Crippen LogP contribution in [0.2, 0.25) is 0 Å². The van der Waals surface area contributed by atoms with Crippen molar-refractivity contribution >= 4 is 42.1 Å². The topological polar surface area (TPSA) is 126 Å². The van der Waals surface area contributed by atoms with E-state index in [1.54, 1.807) is 0 Å². The van der Waals surface area contributed by atoms with Crippen LogP contribution in [0.3, 0.4) is 0 Å². The minimum atomic E-state index is -4.66. The first-order chi connectivity index (χ1) is 16.7. The molecule has 0 bridgehead atoms. The number of pyridine rings is 1. The van der Waals surface area contributed by atoms with Crippen LogP contribution >= 0.6 is 0 Å². The summed E-state index contributed by atoms with van der Waals surface area (Å²) in [6, 6.07) is 3.25. The van der Waals surface area contributed by atoms with Crippen molar-refractivity contribution in [3.63, 3.8) is 0 Å². The molecule has 1 aromatic carbocycles. The Morgan fingerprint density at radius 2 is 1.69 bits per heavy atom. The maximum atomic E-state index is 13.2. The van der Waals surface area contributed by atoms with E-state index >= 15 is 0 Å². The Morgan fingerprint density at radius 3 is 2.28 bits per heavy atom. The summed E-state index contributed by atoms with van der Waals surface area (Å²) in [5.41, 5.74) is -1.96. The van der Waals surface area contributed by atoms with Gasteiger partial charge in [-0.3, -0.25) is 4.57 Å². The summed E-state index contributed by atoms with van der Waals surface area (Å²) in [7, 11) is -5.19. The fourth-order valence-electron chi connectivity index (χ4n) is 4.15. The Morgan fingerprint density at radius 1 is 1.03 bits per heavy atom. The third kappa shape index (κ3) is 3.55. The highest BCUT2D eigenvalue weighted by molar-refractivity contribution is 7.91. The van der Waals surface area contributed by atoms with Crippen LogP contribution in [0.5, 0.6) is 0 Å². The number of alkyl halides is 3. The van der Waals surface area contributed by atoms with Gasteiger partial charge in [-0.15, -0.1) is 0 Å². The SMILES string of the molecule is CCS(=O)(=O)c1cc2c(cc1-c1nc3cc(C(F)(F)F)cnc3n1C)n(S(=O)(=O)C1CC1)c(=O)n2C. The molecule has 5 rings (SSSR count). The van der Waals surface area contributed by atoms with Crippen LogP contribution in [0, 0.1) is 0 Å². The van der Waals surface area contributed by atoms with Crippen molar-refractivity contribution in [3.8, 4) is 11.4 Å². The van der Waals surface area contributed by atoms with Crippen molar-refractivity contribution in [2.24, 2.45) is 14.1 Å². The molecule has 3 aromatic heterocycles. The van der Waals surface area contributed by atoms with Crippen LogP contribution in [0.15, 0.2) is 34.1 Å². The summed E-state index contributed by atoms with van der Waals surface area (Å²) >= 11 is 0. The second-order valence-electron chi connectivity index (χ2n) is 8.65. The van der Waals surface area contributed by atoms with Gasteiger partial charge in [0.05, 0.1) is 32.5 Å². The molecule has 0 spiro atoms. The number of benzene rings is 1. The average molecular weight is 544 g/mol. The van der Waals surface area contributed by atoms with Crippen LogP contribution in [0.4, 0.5) is 13.2 Å². The molecule has 1 aliphatic rings. The molecule has 0 atom stereocenters. The van der Waals surface area contributed by atoms with Gasteiger partial charge in [0.15, 0.2) is 15.5 Å². The number of rotatable bonds is 5. The zero-order valence-corrected chi connectivity index (χ0v) is 20.9. The number of nitrogens with zero attached hydrogens (tertiary/aromatic N) is 5. The van der Waals surface area contributed by atoms with Crippen molar-refractivity contribution in [1.29, 1.82) is 0 Å². The first-order valence-corrected chi connectivity index (χ1v) is 14.0. The van der Waals surface area contributed by atoms with E-state index in [0.29, 0.717) is 23.0 Å². The van der Waals surface area contributed by atoms with Crippen molar-refractivity contribution in [3.05, 3.63) is 40.4 Å². The molecule has 3 heterocycles. The maximum absolute atomic E-state index is 13.2. The highest BCUT2D eigenvalue weighted by atomic mass is 32.2. The first-order valence-electron chi connectivity index (χ1n) is 10.8. The van der Waals surface area contributed by atoms with Crippen LogP contribution in [-0.2, 0) is 40.1 Å². The monoisotopic (exact) mass is 543 g/mol.